The molecular weight excluding hydrogens is 519 g/mol. The number of fused-ring (bicyclic) bond motifs is 1. The lowest BCUT2D eigenvalue weighted by atomic mass is 9.91. The van der Waals surface area contributed by atoms with Gasteiger partial charge < -0.3 is 14.2 Å². The summed E-state index contributed by atoms with van der Waals surface area (Å²) < 4.78 is 49.6. The highest BCUT2D eigenvalue weighted by atomic mass is 19.4. The molecule has 10 heteroatoms. The van der Waals surface area contributed by atoms with Crippen LogP contribution < -0.4 is 10.2 Å². The molecule has 4 heterocycles. The third-order valence-corrected chi connectivity index (χ3v) is 7.57. The highest BCUT2D eigenvalue weighted by Crippen LogP contribution is 2.37. The second-order valence-corrected chi connectivity index (χ2v) is 11.7. The van der Waals surface area contributed by atoms with Gasteiger partial charge in [-0.15, -0.1) is 0 Å². The van der Waals surface area contributed by atoms with Gasteiger partial charge in [0.1, 0.15) is 18.1 Å². The van der Waals surface area contributed by atoms with E-state index >= 15 is 0 Å². The summed E-state index contributed by atoms with van der Waals surface area (Å²) in [5.41, 5.74) is 1.97. The minimum atomic E-state index is -4.34. The van der Waals surface area contributed by atoms with Crippen molar-refractivity contribution in [3.63, 3.8) is 0 Å². The number of hydrogen-bond acceptors (Lipinski definition) is 7. The molecule has 2 aromatic heterocycles. The molecule has 0 aliphatic carbocycles. The van der Waals surface area contributed by atoms with E-state index in [1.807, 2.05) is 24.3 Å². The van der Waals surface area contributed by atoms with E-state index in [2.05, 4.69) is 47.2 Å². The Morgan fingerprint density at radius 2 is 1.77 bits per heavy atom. The largest absolute Gasteiger partial charge is 0.416 e. The number of halogens is 3. The molecule has 2 saturated heterocycles. The van der Waals surface area contributed by atoms with Crippen LogP contribution in [0.2, 0.25) is 0 Å². The number of aromatic nitrogens is 3. The zero-order valence-electron chi connectivity index (χ0n) is 22.7. The van der Waals surface area contributed by atoms with Crippen molar-refractivity contribution in [2.24, 2.45) is 5.41 Å². The van der Waals surface area contributed by atoms with E-state index in [1.54, 1.807) is 0 Å². The first kappa shape index (κ1) is 26.7. The summed E-state index contributed by atoms with van der Waals surface area (Å²) in [6, 6.07) is 15.5. The number of hydrogen-bond donors (Lipinski definition) is 1. The summed E-state index contributed by atoms with van der Waals surface area (Å²) in [6.07, 6.45) is -1.94. The topological polar surface area (TPSA) is 79.6 Å². The Kier molecular flexibility index (Phi) is 6.78. The molecule has 210 valence electrons. The molecule has 7 nitrogen and oxygen atoms in total. The lowest BCUT2D eigenvalue weighted by molar-refractivity contribution is -0.137. The van der Waals surface area contributed by atoms with Crippen molar-refractivity contribution in [1.82, 2.24) is 20.4 Å². The first-order valence-corrected chi connectivity index (χ1v) is 13.6. The fourth-order valence-corrected chi connectivity index (χ4v) is 5.25. The maximum atomic E-state index is 12.8. The molecule has 2 aliphatic heterocycles. The van der Waals surface area contributed by atoms with Crippen LogP contribution in [0.4, 0.5) is 19.0 Å². The van der Waals surface area contributed by atoms with Crippen molar-refractivity contribution in [2.75, 3.05) is 18.0 Å². The number of benzene rings is 2. The van der Waals surface area contributed by atoms with Crippen LogP contribution in [-0.2, 0) is 23.8 Å². The number of alkyl halides is 3. The SMILES string of the molecule is CC(C)(C)C1OC1NC1CCN(c2ccc3cc(-c4noc(CCc5ccc(C(F)(F)F)cc5)n4)ccc3n2)C1. The van der Waals surface area contributed by atoms with Crippen LogP contribution in [0.1, 0.15) is 44.2 Å². The molecule has 2 aromatic carbocycles. The van der Waals surface area contributed by atoms with Gasteiger partial charge >= 0.3 is 6.18 Å². The quantitative estimate of drug-likeness (QED) is 0.281. The Morgan fingerprint density at radius 1 is 0.975 bits per heavy atom. The zero-order chi connectivity index (χ0) is 28.1. The molecule has 0 spiro atoms. The number of nitrogens with one attached hydrogen (secondary N) is 1. The monoisotopic (exact) mass is 551 g/mol. The molecule has 3 atom stereocenters. The smallest absolute Gasteiger partial charge is 0.355 e. The maximum absolute atomic E-state index is 12.8. The number of ether oxygens (including phenoxy) is 1. The highest BCUT2D eigenvalue weighted by Gasteiger charge is 2.48. The molecule has 1 N–H and O–H groups in total. The van der Waals surface area contributed by atoms with Gasteiger partial charge in [-0.05, 0) is 66.3 Å². The van der Waals surface area contributed by atoms with E-state index in [9.17, 15) is 13.2 Å². The second kappa shape index (κ2) is 10.2. The Hall–Kier alpha value is -3.50. The average Bonchev–Trinajstić information content (AvgIpc) is 3.30. The van der Waals surface area contributed by atoms with Crippen LogP contribution in [-0.4, -0.2) is 46.6 Å². The Labute approximate surface area is 230 Å². The number of rotatable bonds is 7. The predicted molar refractivity (Wildman–Crippen MR) is 146 cm³/mol. The number of anilines is 1. The zero-order valence-corrected chi connectivity index (χ0v) is 22.7. The molecule has 0 saturated carbocycles. The van der Waals surface area contributed by atoms with E-state index < -0.39 is 11.7 Å². The molecule has 3 unspecified atom stereocenters. The molecule has 2 aliphatic rings. The van der Waals surface area contributed by atoms with Gasteiger partial charge in [-0.2, -0.15) is 18.2 Å². The van der Waals surface area contributed by atoms with Gasteiger partial charge in [-0.25, -0.2) is 4.98 Å². The van der Waals surface area contributed by atoms with Crippen molar-refractivity contribution < 1.29 is 22.4 Å². The van der Waals surface area contributed by atoms with E-state index in [0.717, 1.165) is 59.5 Å². The summed E-state index contributed by atoms with van der Waals surface area (Å²) in [5, 5.41) is 8.73. The van der Waals surface area contributed by atoms with Crippen LogP contribution in [0.25, 0.3) is 22.3 Å². The van der Waals surface area contributed by atoms with Gasteiger partial charge in [0.25, 0.3) is 0 Å². The minimum absolute atomic E-state index is 0.142. The van der Waals surface area contributed by atoms with Gasteiger partial charge in [-0.1, -0.05) is 38.1 Å². The van der Waals surface area contributed by atoms with Crippen LogP contribution in [0.15, 0.2) is 59.1 Å². The van der Waals surface area contributed by atoms with Gasteiger partial charge in [0.15, 0.2) is 0 Å². The molecule has 6 rings (SSSR count). The van der Waals surface area contributed by atoms with Gasteiger partial charge in [0.05, 0.1) is 11.1 Å². The molecule has 4 aromatic rings. The molecule has 2 fully saturated rings. The van der Waals surface area contributed by atoms with E-state index in [-0.39, 0.29) is 17.7 Å². The fourth-order valence-electron chi connectivity index (χ4n) is 5.25. The van der Waals surface area contributed by atoms with E-state index in [4.69, 9.17) is 14.2 Å². The summed E-state index contributed by atoms with van der Waals surface area (Å²) in [4.78, 5) is 11.7. The van der Waals surface area contributed by atoms with Gasteiger partial charge in [0, 0.05) is 36.5 Å². The summed E-state index contributed by atoms with van der Waals surface area (Å²) in [5.74, 6) is 1.86. The van der Waals surface area contributed by atoms with Crippen LogP contribution in [0, 0.1) is 5.41 Å². The van der Waals surface area contributed by atoms with Crippen LogP contribution >= 0.6 is 0 Å². The maximum Gasteiger partial charge on any atom is 0.416 e. The van der Waals surface area contributed by atoms with Crippen molar-refractivity contribution in [1.29, 1.82) is 0 Å². The number of nitrogens with zero attached hydrogens (tertiary/aromatic N) is 4. The lowest BCUT2D eigenvalue weighted by Gasteiger charge is -2.19. The third-order valence-electron chi connectivity index (χ3n) is 7.57. The number of epoxide rings is 1. The fraction of sp³-hybridized carbons (Fsp3) is 0.433. The Balaban J connectivity index is 1.07. The third kappa shape index (κ3) is 5.83. The Bertz CT molecular complexity index is 1500. The summed E-state index contributed by atoms with van der Waals surface area (Å²) >= 11 is 0. The molecule has 0 radical (unpaired) electrons. The Morgan fingerprint density at radius 3 is 2.50 bits per heavy atom. The average molecular weight is 552 g/mol. The van der Waals surface area contributed by atoms with Crippen molar-refractivity contribution in [3.8, 4) is 11.4 Å². The van der Waals surface area contributed by atoms with Crippen molar-refractivity contribution in [3.05, 3.63) is 71.6 Å². The standard InChI is InChI=1S/C30H32F3N5O2/c1-29(2,3)26-28(39-26)34-22-14-15-38(17-22)24-12-8-19-16-20(7-11-23(19)35-24)27-36-25(40-37-27)13-6-18-4-9-21(10-5-18)30(31,32)33/h4-5,7-12,16,22,26,28,34H,6,13-15,17H2,1-3H3. The van der Waals surface area contributed by atoms with Crippen molar-refractivity contribution >= 4 is 16.7 Å². The van der Waals surface area contributed by atoms with Crippen molar-refractivity contribution in [2.45, 2.75) is 64.6 Å². The molecule has 40 heavy (non-hydrogen) atoms. The van der Waals surface area contributed by atoms with E-state index in [1.165, 1.54) is 12.1 Å². The van der Waals surface area contributed by atoms with E-state index in [0.29, 0.717) is 30.6 Å². The highest BCUT2D eigenvalue weighted by molar-refractivity contribution is 5.84. The van der Waals surface area contributed by atoms with Crippen LogP contribution in [0.5, 0.6) is 0 Å². The van der Waals surface area contributed by atoms with Gasteiger partial charge in [-0.3, -0.25) is 5.32 Å². The van der Waals surface area contributed by atoms with Crippen LogP contribution in [0.3, 0.4) is 0 Å². The first-order valence-electron chi connectivity index (χ1n) is 13.6. The van der Waals surface area contributed by atoms with Gasteiger partial charge in [0.2, 0.25) is 11.7 Å². The predicted octanol–water partition coefficient (Wildman–Crippen LogP) is 6.03. The normalized spacial score (nSPS) is 21.4. The summed E-state index contributed by atoms with van der Waals surface area (Å²) in [6.45, 7) is 8.45. The second-order valence-electron chi connectivity index (χ2n) is 11.7. The first-order chi connectivity index (χ1) is 19.0. The molecular formula is C30H32F3N5O2. The molecule has 0 bridgehead atoms. The lowest BCUT2D eigenvalue weighted by Crippen LogP contribution is -2.37. The number of pyridine rings is 1. The molecule has 0 amide bonds. The summed E-state index contributed by atoms with van der Waals surface area (Å²) in [7, 11) is 0. The number of aryl methyl sites for hydroxylation is 2. The minimum Gasteiger partial charge on any atom is -0.355 e.